The van der Waals surface area contributed by atoms with E-state index in [4.69, 9.17) is 4.74 Å². The number of aliphatic imine (C=N–C) groups is 1. The molecule has 3 N–H and O–H groups in total. The molecule has 0 radical (unpaired) electrons. The van der Waals surface area contributed by atoms with Gasteiger partial charge in [0, 0.05) is 38.8 Å². The largest absolute Gasteiger partial charge is 0.444 e. The molecule has 1 aliphatic heterocycles. The summed E-state index contributed by atoms with van der Waals surface area (Å²) in [6.45, 7) is 7.67. The third kappa shape index (κ3) is 13.0. The Kier molecular flexibility index (Phi) is 12.2. The Morgan fingerprint density at radius 3 is 2.48 bits per heavy atom. The first-order valence-corrected chi connectivity index (χ1v) is 9.67. The van der Waals surface area contributed by atoms with Crippen molar-refractivity contribution < 1.29 is 22.7 Å². The van der Waals surface area contributed by atoms with Crippen molar-refractivity contribution in [2.24, 2.45) is 4.99 Å². The molecular formula is C18H35F3IN5O2. The van der Waals surface area contributed by atoms with E-state index in [1.807, 2.05) is 6.92 Å². The molecule has 11 heteroatoms. The van der Waals surface area contributed by atoms with E-state index in [2.05, 4.69) is 20.9 Å². The first-order chi connectivity index (χ1) is 12.9. The molecule has 2 atom stereocenters. The number of nitrogens with one attached hydrogen (secondary N) is 3. The highest BCUT2D eigenvalue weighted by Gasteiger charge is 2.34. The van der Waals surface area contributed by atoms with Gasteiger partial charge in [-0.15, -0.1) is 24.0 Å². The van der Waals surface area contributed by atoms with Gasteiger partial charge in [0.25, 0.3) is 0 Å². The predicted molar refractivity (Wildman–Crippen MR) is 119 cm³/mol. The molecule has 1 saturated heterocycles. The van der Waals surface area contributed by atoms with Gasteiger partial charge in [-0.25, -0.2) is 4.79 Å². The fourth-order valence-corrected chi connectivity index (χ4v) is 3.00. The minimum Gasteiger partial charge on any atom is -0.444 e. The van der Waals surface area contributed by atoms with Crippen LogP contribution in [0, 0.1) is 0 Å². The van der Waals surface area contributed by atoms with Gasteiger partial charge in [0.1, 0.15) is 5.60 Å². The van der Waals surface area contributed by atoms with Gasteiger partial charge in [0.2, 0.25) is 0 Å². The van der Waals surface area contributed by atoms with Crippen LogP contribution in [0.15, 0.2) is 4.99 Å². The number of guanidine groups is 1. The van der Waals surface area contributed by atoms with E-state index in [0.717, 1.165) is 12.8 Å². The molecule has 0 aromatic rings. The van der Waals surface area contributed by atoms with Gasteiger partial charge < -0.3 is 20.7 Å². The smallest absolute Gasteiger partial charge is 0.407 e. The van der Waals surface area contributed by atoms with E-state index in [0.29, 0.717) is 32.0 Å². The Labute approximate surface area is 188 Å². The molecule has 2 unspecified atom stereocenters. The average Bonchev–Trinajstić information content (AvgIpc) is 2.94. The fraction of sp³-hybridized carbons (Fsp3) is 0.889. The Bertz CT molecular complexity index is 527. The second-order valence-corrected chi connectivity index (χ2v) is 8.07. The third-order valence-electron chi connectivity index (χ3n) is 4.11. The number of nitrogens with zero attached hydrogens (tertiary/aromatic N) is 2. The van der Waals surface area contributed by atoms with Crippen molar-refractivity contribution in [1.82, 2.24) is 20.9 Å². The lowest BCUT2D eigenvalue weighted by Crippen LogP contribution is -2.50. The summed E-state index contributed by atoms with van der Waals surface area (Å²) < 4.78 is 42.8. The molecule has 0 saturated carbocycles. The summed E-state index contributed by atoms with van der Waals surface area (Å²) in [6.07, 6.45) is -2.41. The van der Waals surface area contributed by atoms with E-state index in [1.165, 1.54) is 4.90 Å². The highest BCUT2D eigenvalue weighted by Crippen LogP contribution is 2.19. The van der Waals surface area contributed by atoms with Crippen LogP contribution in [-0.4, -0.2) is 74.0 Å². The molecule has 0 aromatic carbocycles. The Morgan fingerprint density at radius 1 is 1.31 bits per heavy atom. The minimum atomic E-state index is -4.18. The molecular weight excluding hydrogens is 502 g/mol. The third-order valence-corrected chi connectivity index (χ3v) is 4.11. The topological polar surface area (TPSA) is 78.0 Å². The molecule has 7 nitrogen and oxygen atoms in total. The van der Waals surface area contributed by atoms with Crippen LogP contribution in [0.1, 0.15) is 47.0 Å². The molecule has 0 aromatic heterocycles. The van der Waals surface area contributed by atoms with Crippen molar-refractivity contribution in [2.45, 2.75) is 70.8 Å². The minimum absolute atomic E-state index is 0. The van der Waals surface area contributed by atoms with E-state index in [-0.39, 0.29) is 36.1 Å². The van der Waals surface area contributed by atoms with Crippen molar-refractivity contribution in [1.29, 1.82) is 0 Å². The zero-order valence-electron chi connectivity index (χ0n) is 17.9. The van der Waals surface area contributed by atoms with Crippen molar-refractivity contribution in [2.75, 3.05) is 33.2 Å². The molecule has 1 rings (SSSR count). The maximum atomic E-state index is 12.5. The van der Waals surface area contributed by atoms with Crippen molar-refractivity contribution in [3.8, 4) is 0 Å². The molecule has 1 amide bonds. The van der Waals surface area contributed by atoms with Crippen molar-refractivity contribution in [3.05, 3.63) is 0 Å². The van der Waals surface area contributed by atoms with Gasteiger partial charge in [-0.3, -0.25) is 9.89 Å². The Hall–Kier alpha value is -0.980. The van der Waals surface area contributed by atoms with E-state index in [9.17, 15) is 18.0 Å². The highest BCUT2D eigenvalue weighted by atomic mass is 127. The first kappa shape index (κ1) is 28.0. The van der Waals surface area contributed by atoms with Crippen LogP contribution in [0.3, 0.4) is 0 Å². The summed E-state index contributed by atoms with van der Waals surface area (Å²) in [5, 5.41) is 9.14. The van der Waals surface area contributed by atoms with Gasteiger partial charge in [0.05, 0.1) is 6.54 Å². The number of hydrogen-bond donors (Lipinski definition) is 3. The molecule has 29 heavy (non-hydrogen) atoms. The SMILES string of the molecule is CCCC(CNC(=NC)NC1CCN(CC(F)(F)F)C1)NC(=O)OC(C)(C)C.I. The van der Waals surface area contributed by atoms with Crippen LogP contribution in [0.25, 0.3) is 0 Å². The highest BCUT2D eigenvalue weighted by molar-refractivity contribution is 14.0. The Balaban J connectivity index is 0.00000784. The Morgan fingerprint density at radius 2 is 1.97 bits per heavy atom. The number of rotatable bonds is 7. The quantitative estimate of drug-likeness (QED) is 0.265. The van der Waals surface area contributed by atoms with Crippen LogP contribution in [0.2, 0.25) is 0 Å². The fourth-order valence-electron chi connectivity index (χ4n) is 3.00. The monoisotopic (exact) mass is 537 g/mol. The zero-order chi connectivity index (χ0) is 21.4. The van der Waals surface area contributed by atoms with Crippen LogP contribution >= 0.6 is 24.0 Å². The van der Waals surface area contributed by atoms with E-state index < -0.39 is 24.4 Å². The number of likely N-dealkylation sites (tertiary alicyclic amines) is 1. The van der Waals surface area contributed by atoms with E-state index in [1.54, 1.807) is 27.8 Å². The van der Waals surface area contributed by atoms with Crippen molar-refractivity contribution >= 4 is 36.0 Å². The average molecular weight is 537 g/mol. The molecule has 0 aliphatic carbocycles. The number of amides is 1. The first-order valence-electron chi connectivity index (χ1n) is 9.67. The molecule has 1 heterocycles. The summed E-state index contributed by atoms with van der Waals surface area (Å²) in [7, 11) is 1.61. The standard InChI is InChI=1S/C18H34F3N5O2.HI/c1-6-7-13(25-16(27)28-17(2,3)4)10-23-15(22-5)24-14-8-9-26(11-14)12-18(19,20)21;/h13-14H,6-12H2,1-5H3,(H,25,27)(H2,22,23,24);1H. The maximum Gasteiger partial charge on any atom is 0.407 e. The van der Waals surface area contributed by atoms with Crippen LogP contribution in [-0.2, 0) is 4.74 Å². The molecule has 0 spiro atoms. The van der Waals surface area contributed by atoms with E-state index >= 15 is 0 Å². The number of carbonyl (C=O) groups excluding carboxylic acids is 1. The second-order valence-electron chi connectivity index (χ2n) is 8.07. The second kappa shape index (κ2) is 12.7. The normalized spacial score (nSPS) is 19.3. The maximum absolute atomic E-state index is 12.5. The predicted octanol–water partition coefficient (Wildman–Crippen LogP) is 3.10. The number of ether oxygens (including phenoxy) is 1. The van der Waals surface area contributed by atoms with Crippen LogP contribution < -0.4 is 16.0 Å². The van der Waals surface area contributed by atoms with Crippen molar-refractivity contribution in [3.63, 3.8) is 0 Å². The zero-order valence-corrected chi connectivity index (χ0v) is 20.2. The summed E-state index contributed by atoms with van der Waals surface area (Å²) in [5.41, 5.74) is -0.573. The number of alkyl halides is 3. The summed E-state index contributed by atoms with van der Waals surface area (Å²) in [5.74, 6) is 0.506. The van der Waals surface area contributed by atoms with Crippen LogP contribution in [0.4, 0.5) is 18.0 Å². The lowest BCUT2D eigenvalue weighted by molar-refractivity contribution is -0.143. The number of hydrogen-bond acceptors (Lipinski definition) is 4. The number of alkyl carbamates (subject to hydrolysis) is 1. The summed E-state index contributed by atoms with van der Waals surface area (Å²) >= 11 is 0. The molecule has 1 aliphatic rings. The molecule has 1 fully saturated rings. The molecule has 0 bridgehead atoms. The number of halogens is 4. The summed E-state index contributed by atoms with van der Waals surface area (Å²) in [6, 6.07) is -0.249. The van der Waals surface area contributed by atoms with Gasteiger partial charge >= 0.3 is 12.3 Å². The van der Waals surface area contributed by atoms with Gasteiger partial charge in [-0.05, 0) is 33.6 Å². The van der Waals surface area contributed by atoms with Gasteiger partial charge in [-0.2, -0.15) is 13.2 Å². The van der Waals surface area contributed by atoms with Crippen LogP contribution in [0.5, 0.6) is 0 Å². The molecule has 172 valence electrons. The lowest BCUT2D eigenvalue weighted by Gasteiger charge is -2.25. The van der Waals surface area contributed by atoms with Gasteiger partial charge in [-0.1, -0.05) is 13.3 Å². The van der Waals surface area contributed by atoms with Gasteiger partial charge in [0.15, 0.2) is 5.96 Å². The number of carbonyl (C=O) groups is 1. The lowest BCUT2D eigenvalue weighted by atomic mass is 10.1. The summed E-state index contributed by atoms with van der Waals surface area (Å²) in [4.78, 5) is 17.5.